The van der Waals surface area contributed by atoms with E-state index >= 15 is 0 Å². The van der Waals surface area contributed by atoms with Gasteiger partial charge in [-0.15, -0.1) is 0 Å². The van der Waals surface area contributed by atoms with Gasteiger partial charge in [0.25, 0.3) is 10.0 Å². The number of sulfonamides is 1. The van der Waals surface area contributed by atoms with Crippen LogP contribution >= 0.6 is 11.6 Å². The third kappa shape index (κ3) is 3.80. The Balaban J connectivity index is 1.72. The summed E-state index contributed by atoms with van der Waals surface area (Å²) in [5, 5.41) is 2.06. The Morgan fingerprint density at radius 1 is 1.17 bits per heavy atom. The second-order valence-corrected chi connectivity index (χ2v) is 9.57. The standard InChI is InChI=1S/C22H23ClN2O4S/c1-25(2)15-11-18-21(28-3)10-9-20(22(18)29-13-15)24-30(26,27)16-8-7-14-5-4-6-19(23)17(14)12-16/h4-10,12,15,24H,11,13H2,1-3H3/t15-/m1/s1. The molecule has 0 aromatic heterocycles. The topological polar surface area (TPSA) is 67.9 Å². The lowest BCUT2D eigenvalue weighted by molar-refractivity contribution is 0.164. The van der Waals surface area contributed by atoms with Crippen molar-refractivity contribution < 1.29 is 17.9 Å². The number of nitrogens with zero attached hydrogens (tertiary/aromatic N) is 1. The van der Waals surface area contributed by atoms with Gasteiger partial charge in [-0.1, -0.05) is 29.8 Å². The van der Waals surface area contributed by atoms with Gasteiger partial charge in [-0.25, -0.2) is 8.42 Å². The molecule has 0 aliphatic carbocycles. The lowest BCUT2D eigenvalue weighted by atomic mass is 10.00. The second kappa shape index (κ2) is 7.98. The van der Waals surface area contributed by atoms with E-state index < -0.39 is 10.0 Å². The summed E-state index contributed by atoms with van der Waals surface area (Å²) >= 11 is 6.25. The Morgan fingerprint density at radius 3 is 2.70 bits per heavy atom. The van der Waals surface area contributed by atoms with Crippen molar-refractivity contribution >= 4 is 38.1 Å². The molecule has 1 N–H and O–H groups in total. The molecule has 0 saturated heterocycles. The van der Waals surface area contributed by atoms with E-state index in [4.69, 9.17) is 21.1 Å². The maximum atomic E-state index is 13.1. The molecule has 1 aliphatic heterocycles. The molecule has 0 fully saturated rings. The summed E-state index contributed by atoms with van der Waals surface area (Å²) in [4.78, 5) is 2.22. The average Bonchev–Trinajstić information content (AvgIpc) is 2.73. The van der Waals surface area contributed by atoms with Crippen molar-refractivity contribution in [2.75, 3.05) is 32.5 Å². The molecule has 0 unspecified atom stereocenters. The molecule has 0 amide bonds. The normalized spacial score (nSPS) is 16.2. The van der Waals surface area contributed by atoms with Gasteiger partial charge in [0, 0.05) is 22.0 Å². The molecule has 8 heteroatoms. The largest absolute Gasteiger partial charge is 0.496 e. The zero-order valence-corrected chi connectivity index (χ0v) is 18.5. The molecule has 1 aliphatic rings. The zero-order chi connectivity index (χ0) is 21.5. The highest BCUT2D eigenvalue weighted by Gasteiger charge is 2.28. The van der Waals surface area contributed by atoms with E-state index in [1.807, 2.05) is 26.2 Å². The monoisotopic (exact) mass is 446 g/mol. The van der Waals surface area contributed by atoms with E-state index in [9.17, 15) is 8.42 Å². The summed E-state index contributed by atoms with van der Waals surface area (Å²) in [7, 11) is 1.73. The van der Waals surface area contributed by atoms with Gasteiger partial charge in [0.05, 0.1) is 17.7 Å². The van der Waals surface area contributed by atoms with Crippen LogP contribution in [0, 0.1) is 0 Å². The van der Waals surface area contributed by atoms with Crippen molar-refractivity contribution in [3.63, 3.8) is 0 Å². The number of hydrogen-bond acceptors (Lipinski definition) is 5. The van der Waals surface area contributed by atoms with E-state index in [2.05, 4.69) is 9.62 Å². The van der Waals surface area contributed by atoms with Crippen LogP contribution in [0.25, 0.3) is 10.8 Å². The summed E-state index contributed by atoms with van der Waals surface area (Å²) in [6.45, 7) is 0.466. The van der Waals surface area contributed by atoms with E-state index in [1.165, 1.54) is 0 Å². The predicted molar refractivity (Wildman–Crippen MR) is 119 cm³/mol. The Kier molecular flexibility index (Phi) is 5.53. The van der Waals surface area contributed by atoms with Crippen LogP contribution in [-0.2, 0) is 16.4 Å². The first-order chi connectivity index (χ1) is 14.3. The van der Waals surface area contributed by atoms with Gasteiger partial charge >= 0.3 is 0 Å². The number of nitrogens with one attached hydrogen (secondary N) is 1. The maximum absolute atomic E-state index is 13.1. The lowest BCUT2D eigenvalue weighted by Crippen LogP contribution is -2.38. The number of fused-ring (bicyclic) bond motifs is 2. The van der Waals surface area contributed by atoms with Crippen molar-refractivity contribution in [3.8, 4) is 11.5 Å². The minimum Gasteiger partial charge on any atom is -0.496 e. The van der Waals surface area contributed by atoms with Gasteiger partial charge in [-0.05, 0) is 56.2 Å². The van der Waals surface area contributed by atoms with Crippen molar-refractivity contribution in [1.29, 1.82) is 0 Å². The van der Waals surface area contributed by atoms with Crippen molar-refractivity contribution in [2.24, 2.45) is 0 Å². The fourth-order valence-electron chi connectivity index (χ4n) is 3.63. The third-order valence-electron chi connectivity index (χ3n) is 5.38. The van der Waals surface area contributed by atoms with Crippen molar-refractivity contribution in [2.45, 2.75) is 17.4 Å². The fourth-order valence-corrected chi connectivity index (χ4v) is 4.95. The van der Waals surface area contributed by atoms with Crippen LogP contribution in [0.15, 0.2) is 53.4 Å². The molecule has 158 valence electrons. The van der Waals surface area contributed by atoms with Gasteiger partial charge in [-0.3, -0.25) is 4.72 Å². The fraction of sp³-hybridized carbons (Fsp3) is 0.273. The molecule has 0 saturated carbocycles. The summed E-state index contributed by atoms with van der Waals surface area (Å²) in [5.41, 5.74) is 1.24. The van der Waals surface area contributed by atoms with Crippen LogP contribution in [0.5, 0.6) is 11.5 Å². The van der Waals surface area contributed by atoms with Gasteiger partial charge < -0.3 is 14.4 Å². The van der Waals surface area contributed by atoms with Crippen LogP contribution in [0.2, 0.25) is 5.02 Å². The molecule has 6 nitrogen and oxygen atoms in total. The van der Waals surface area contributed by atoms with Crippen molar-refractivity contribution in [1.82, 2.24) is 4.90 Å². The van der Waals surface area contributed by atoms with Gasteiger partial charge in [0.1, 0.15) is 18.1 Å². The quantitative estimate of drug-likeness (QED) is 0.637. The third-order valence-corrected chi connectivity index (χ3v) is 7.08. The molecule has 1 atom stereocenters. The minimum absolute atomic E-state index is 0.134. The maximum Gasteiger partial charge on any atom is 0.262 e. The Morgan fingerprint density at radius 2 is 1.97 bits per heavy atom. The van der Waals surface area contributed by atoms with Gasteiger partial charge in [0.15, 0.2) is 0 Å². The molecule has 0 radical (unpaired) electrons. The molecule has 3 aromatic rings. The summed E-state index contributed by atoms with van der Waals surface area (Å²) < 4.78 is 40.4. The molecule has 4 rings (SSSR count). The predicted octanol–water partition coefficient (Wildman–Crippen LogP) is 4.17. The summed E-state index contributed by atoms with van der Waals surface area (Å²) in [6, 6.07) is 14.0. The van der Waals surface area contributed by atoms with E-state index in [0.717, 1.165) is 10.9 Å². The van der Waals surface area contributed by atoms with Crippen LogP contribution in [0.1, 0.15) is 5.56 Å². The Hall–Kier alpha value is -2.48. The number of hydrogen-bond donors (Lipinski definition) is 1. The van der Waals surface area contributed by atoms with Crippen LogP contribution < -0.4 is 14.2 Å². The molecular formula is C22H23ClN2O4S. The molecule has 0 bridgehead atoms. The first-order valence-electron chi connectivity index (χ1n) is 9.50. The molecule has 0 spiro atoms. The van der Waals surface area contributed by atoms with E-state index in [-0.39, 0.29) is 10.9 Å². The number of benzene rings is 3. The highest BCUT2D eigenvalue weighted by atomic mass is 35.5. The SMILES string of the molecule is COc1ccc(NS(=O)(=O)c2ccc3cccc(Cl)c3c2)c2c1C[C@@H](N(C)C)CO2. The average molecular weight is 447 g/mol. The van der Waals surface area contributed by atoms with Crippen LogP contribution in [0.4, 0.5) is 5.69 Å². The molecule has 3 aromatic carbocycles. The lowest BCUT2D eigenvalue weighted by Gasteiger charge is -2.32. The number of anilines is 1. The Bertz CT molecular complexity index is 1210. The zero-order valence-electron chi connectivity index (χ0n) is 17.0. The van der Waals surface area contributed by atoms with Crippen molar-refractivity contribution in [3.05, 3.63) is 59.1 Å². The molecular weight excluding hydrogens is 424 g/mol. The number of likely N-dealkylation sites (N-methyl/N-ethyl adjacent to an activating group) is 1. The second-order valence-electron chi connectivity index (χ2n) is 7.48. The molecule has 1 heterocycles. The van der Waals surface area contributed by atoms with E-state index in [1.54, 1.807) is 43.5 Å². The number of halogens is 1. The van der Waals surface area contributed by atoms with Gasteiger partial charge in [-0.2, -0.15) is 0 Å². The number of ether oxygens (including phenoxy) is 2. The van der Waals surface area contributed by atoms with Crippen LogP contribution in [0.3, 0.4) is 0 Å². The summed E-state index contributed by atoms with van der Waals surface area (Å²) in [6.07, 6.45) is 0.701. The first kappa shape index (κ1) is 20.8. The smallest absolute Gasteiger partial charge is 0.262 e. The number of methoxy groups -OCH3 is 1. The van der Waals surface area contributed by atoms with Crippen LogP contribution in [-0.4, -0.2) is 47.2 Å². The highest BCUT2D eigenvalue weighted by Crippen LogP contribution is 2.40. The summed E-state index contributed by atoms with van der Waals surface area (Å²) in [5.74, 6) is 1.19. The highest BCUT2D eigenvalue weighted by molar-refractivity contribution is 7.92. The first-order valence-corrected chi connectivity index (χ1v) is 11.4. The van der Waals surface area contributed by atoms with E-state index in [0.29, 0.717) is 40.6 Å². The minimum atomic E-state index is -3.84. The number of rotatable bonds is 5. The van der Waals surface area contributed by atoms with Gasteiger partial charge in [0.2, 0.25) is 0 Å². The molecule has 30 heavy (non-hydrogen) atoms. The Labute approximate surface area is 181 Å².